The minimum atomic E-state index is 0.547. The molecule has 2 aromatic rings. The fourth-order valence-electron chi connectivity index (χ4n) is 3.63. The van der Waals surface area contributed by atoms with Gasteiger partial charge in [-0.2, -0.15) is 0 Å². The zero-order chi connectivity index (χ0) is 11.2. The summed E-state index contributed by atoms with van der Waals surface area (Å²) in [4.78, 5) is 4.33. The molecule has 1 fully saturated rings. The molecule has 0 spiro atoms. The largest absolute Gasteiger partial charge is 0.323 e. The van der Waals surface area contributed by atoms with Crippen LogP contribution < -0.4 is 0 Å². The first kappa shape index (κ1) is 9.46. The second kappa shape index (κ2) is 3.46. The van der Waals surface area contributed by atoms with Crippen LogP contribution in [0.15, 0.2) is 36.8 Å². The Bertz CT molecular complexity index is 550. The predicted molar refractivity (Wildman–Crippen MR) is 67.8 cm³/mol. The fraction of sp³-hybridized carbons (Fsp3) is 0.400. The standard InChI is InChI=1S/C15H16N2/c1-2-6-11(5-1)15-13-8-4-3-7-12(13)14-9-16-10-17(14)15/h3-4,7-11,15H,1-2,5-6H2/t15-/m1/s1. The van der Waals surface area contributed by atoms with Crippen LogP contribution in [0, 0.1) is 5.92 Å². The highest BCUT2D eigenvalue weighted by Gasteiger charge is 2.35. The predicted octanol–water partition coefficient (Wildman–Crippen LogP) is 3.64. The second-order valence-corrected chi connectivity index (χ2v) is 5.26. The third kappa shape index (κ3) is 1.24. The molecule has 0 N–H and O–H groups in total. The maximum atomic E-state index is 4.33. The van der Waals surface area contributed by atoms with Crippen molar-refractivity contribution in [3.8, 4) is 11.3 Å². The van der Waals surface area contributed by atoms with Crippen LogP contribution in [-0.4, -0.2) is 9.55 Å². The van der Waals surface area contributed by atoms with Crippen LogP contribution in [0.2, 0.25) is 0 Å². The highest BCUT2D eigenvalue weighted by atomic mass is 15.1. The van der Waals surface area contributed by atoms with Crippen molar-refractivity contribution in [2.75, 3.05) is 0 Å². The zero-order valence-corrected chi connectivity index (χ0v) is 9.84. The van der Waals surface area contributed by atoms with Gasteiger partial charge in [-0.05, 0) is 24.3 Å². The summed E-state index contributed by atoms with van der Waals surface area (Å²) < 4.78 is 2.39. The molecule has 1 aliphatic heterocycles. The highest BCUT2D eigenvalue weighted by Crippen LogP contribution is 2.47. The molecule has 1 atom stereocenters. The van der Waals surface area contributed by atoms with Gasteiger partial charge in [0.15, 0.2) is 0 Å². The van der Waals surface area contributed by atoms with E-state index in [4.69, 9.17) is 0 Å². The lowest BCUT2D eigenvalue weighted by Gasteiger charge is -2.21. The average molecular weight is 224 g/mol. The summed E-state index contributed by atoms with van der Waals surface area (Å²) in [6, 6.07) is 9.38. The Morgan fingerprint density at radius 2 is 1.94 bits per heavy atom. The molecule has 1 aromatic carbocycles. The number of hydrogen-bond acceptors (Lipinski definition) is 1. The Labute approximate surface area is 101 Å². The molecule has 0 bridgehead atoms. The van der Waals surface area contributed by atoms with E-state index in [9.17, 15) is 0 Å². The molecule has 86 valence electrons. The first-order valence-corrected chi connectivity index (χ1v) is 6.56. The molecule has 1 aliphatic carbocycles. The van der Waals surface area contributed by atoms with Gasteiger partial charge in [0.25, 0.3) is 0 Å². The van der Waals surface area contributed by atoms with Gasteiger partial charge in [0.1, 0.15) is 0 Å². The lowest BCUT2D eigenvalue weighted by Crippen LogP contribution is -2.14. The third-order valence-electron chi connectivity index (χ3n) is 4.37. The van der Waals surface area contributed by atoms with Gasteiger partial charge in [-0.15, -0.1) is 0 Å². The van der Waals surface area contributed by atoms with E-state index < -0.39 is 0 Å². The van der Waals surface area contributed by atoms with Crippen molar-refractivity contribution in [2.24, 2.45) is 5.92 Å². The van der Waals surface area contributed by atoms with Crippen LogP contribution in [0.5, 0.6) is 0 Å². The topological polar surface area (TPSA) is 17.8 Å². The summed E-state index contributed by atoms with van der Waals surface area (Å²) in [5.74, 6) is 0.812. The first-order valence-electron chi connectivity index (χ1n) is 6.56. The van der Waals surface area contributed by atoms with Gasteiger partial charge in [0.05, 0.1) is 24.3 Å². The van der Waals surface area contributed by atoms with Crippen molar-refractivity contribution >= 4 is 0 Å². The summed E-state index contributed by atoms with van der Waals surface area (Å²) in [6.07, 6.45) is 9.56. The Morgan fingerprint density at radius 3 is 2.82 bits per heavy atom. The summed E-state index contributed by atoms with van der Waals surface area (Å²) >= 11 is 0. The zero-order valence-electron chi connectivity index (χ0n) is 9.84. The Morgan fingerprint density at radius 1 is 1.12 bits per heavy atom. The monoisotopic (exact) mass is 224 g/mol. The van der Waals surface area contributed by atoms with Gasteiger partial charge in [0, 0.05) is 5.56 Å². The lowest BCUT2D eigenvalue weighted by molar-refractivity contribution is 0.398. The van der Waals surface area contributed by atoms with Crippen LogP contribution in [0.1, 0.15) is 37.3 Å². The number of nitrogens with zero attached hydrogens (tertiary/aromatic N) is 2. The molecule has 2 nitrogen and oxygen atoms in total. The Kier molecular flexibility index (Phi) is 1.92. The van der Waals surface area contributed by atoms with Crippen LogP contribution in [-0.2, 0) is 0 Å². The SMILES string of the molecule is c1ccc2c(c1)-c1cncn1[C@@H]2C1CCCC1. The Balaban J connectivity index is 1.90. The second-order valence-electron chi connectivity index (χ2n) is 5.26. The van der Waals surface area contributed by atoms with Gasteiger partial charge in [-0.3, -0.25) is 0 Å². The van der Waals surface area contributed by atoms with Crippen molar-refractivity contribution in [3.63, 3.8) is 0 Å². The average Bonchev–Trinajstić information content (AvgIpc) is 3.04. The van der Waals surface area contributed by atoms with Gasteiger partial charge in [0.2, 0.25) is 0 Å². The fourth-order valence-corrected chi connectivity index (χ4v) is 3.63. The molecule has 0 saturated heterocycles. The lowest BCUT2D eigenvalue weighted by atomic mass is 9.91. The van der Waals surface area contributed by atoms with Crippen LogP contribution in [0.4, 0.5) is 0 Å². The molecular weight excluding hydrogens is 208 g/mol. The number of aromatic nitrogens is 2. The molecule has 0 unspecified atom stereocenters. The van der Waals surface area contributed by atoms with E-state index in [1.807, 2.05) is 12.5 Å². The number of hydrogen-bond donors (Lipinski definition) is 0. The van der Waals surface area contributed by atoms with E-state index in [1.165, 1.54) is 42.5 Å². The van der Waals surface area contributed by atoms with Crippen molar-refractivity contribution in [3.05, 3.63) is 42.4 Å². The van der Waals surface area contributed by atoms with Gasteiger partial charge >= 0.3 is 0 Å². The maximum Gasteiger partial charge on any atom is 0.0956 e. The van der Waals surface area contributed by atoms with Gasteiger partial charge < -0.3 is 4.57 Å². The van der Waals surface area contributed by atoms with E-state index in [0.29, 0.717) is 6.04 Å². The van der Waals surface area contributed by atoms with E-state index >= 15 is 0 Å². The van der Waals surface area contributed by atoms with Crippen LogP contribution >= 0.6 is 0 Å². The molecule has 1 aromatic heterocycles. The van der Waals surface area contributed by atoms with E-state index in [2.05, 4.69) is 33.8 Å². The molecule has 4 rings (SSSR count). The van der Waals surface area contributed by atoms with Crippen molar-refractivity contribution < 1.29 is 0 Å². The van der Waals surface area contributed by atoms with E-state index in [1.54, 1.807) is 0 Å². The van der Waals surface area contributed by atoms with Crippen molar-refractivity contribution in [1.29, 1.82) is 0 Å². The molecule has 0 amide bonds. The molecule has 0 radical (unpaired) electrons. The summed E-state index contributed by atoms with van der Waals surface area (Å²) in [7, 11) is 0. The summed E-state index contributed by atoms with van der Waals surface area (Å²) in [5, 5.41) is 0. The van der Waals surface area contributed by atoms with Crippen molar-refractivity contribution in [1.82, 2.24) is 9.55 Å². The molecule has 1 saturated carbocycles. The van der Waals surface area contributed by atoms with Crippen LogP contribution in [0.3, 0.4) is 0 Å². The van der Waals surface area contributed by atoms with E-state index in [0.717, 1.165) is 5.92 Å². The number of fused-ring (bicyclic) bond motifs is 3. The molecule has 2 heterocycles. The minimum absolute atomic E-state index is 0.547. The summed E-state index contributed by atoms with van der Waals surface area (Å²) in [6.45, 7) is 0. The quantitative estimate of drug-likeness (QED) is 0.723. The normalized spacial score (nSPS) is 22.7. The van der Waals surface area contributed by atoms with Crippen LogP contribution in [0.25, 0.3) is 11.3 Å². The number of rotatable bonds is 1. The maximum absolute atomic E-state index is 4.33. The number of benzene rings is 1. The van der Waals surface area contributed by atoms with Gasteiger partial charge in [-0.1, -0.05) is 37.1 Å². The van der Waals surface area contributed by atoms with Gasteiger partial charge in [-0.25, -0.2) is 4.98 Å². The third-order valence-corrected chi connectivity index (χ3v) is 4.37. The Hall–Kier alpha value is -1.57. The molecular formula is C15H16N2. The highest BCUT2D eigenvalue weighted by molar-refractivity contribution is 5.69. The molecule has 2 heteroatoms. The van der Waals surface area contributed by atoms with Crippen molar-refractivity contribution in [2.45, 2.75) is 31.7 Å². The molecule has 17 heavy (non-hydrogen) atoms. The number of imidazole rings is 1. The summed E-state index contributed by atoms with van der Waals surface area (Å²) in [5.41, 5.74) is 4.20. The van der Waals surface area contributed by atoms with E-state index in [-0.39, 0.29) is 0 Å². The minimum Gasteiger partial charge on any atom is -0.323 e. The smallest absolute Gasteiger partial charge is 0.0956 e. The first-order chi connectivity index (χ1) is 8.45. The molecule has 2 aliphatic rings.